The Morgan fingerprint density at radius 1 is 0.833 bits per heavy atom. The SMILES string of the molecule is COc1ccccc1[NH+]=C(Nc1ccc(C)cc1)c1ccccc1. The van der Waals surface area contributed by atoms with E-state index in [-0.39, 0.29) is 0 Å². The molecule has 0 saturated heterocycles. The molecule has 120 valence electrons. The van der Waals surface area contributed by atoms with Gasteiger partial charge in [0.05, 0.1) is 12.7 Å². The van der Waals surface area contributed by atoms with E-state index in [9.17, 15) is 0 Å². The summed E-state index contributed by atoms with van der Waals surface area (Å²) in [6, 6.07) is 26.4. The molecule has 0 unspecified atom stereocenters. The van der Waals surface area contributed by atoms with Crippen LogP contribution in [0.1, 0.15) is 11.1 Å². The van der Waals surface area contributed by atoms with E-state index in [4.69, 9.17) is 4.74 Å². The van der Waals surface area contributed by atoms with E-state index in [2.05, 4.69) is 53.6 Å². The number of anilines is 1. The van der Waals surface area contributed by atoms with Crippen molar-refractivity contribution in [2.75, 3.05) is 12.4 Å². The fraction of sp³-hybridized carbons (Fsp3) is 0.0952. The van der Waals surface area contributed by atoms with Crippen LogP contribution in [-0.2, 0) is 0 Å². The van der Waals surface area contributed by atoms with E-state index in [0.29, 0.717) is 0 Å². The van der Waals surface area contributed by atoms with Gasteiger partial charge >= 0.3 is 0 Å². The summed E-state index contributed by atoms with van der Waals surface area (Å²) in [6.45, 7) is 2.08. The molecule has 0 aromatic heterocycles. The van der Waals surface area contributed by atoms with Crippen LogP contribution < -0.4 is 15.0 Å². The maximum absolute atomic E-state index is 5.44. The topological polar surface area (TPSA) is 35.2 Å². The Kier molecular flexibility index (Phi) is 4.92. The second-order valence-electron chi connectivity index (χ2n) is 5.56. The van der Waals surface area contributed by atoms with E-state index >= 15 is 0 Å². The number of benzene rings is 3. The Bertz CT molecular complexity index is 824. The first-order valence-electron chi connectivity index (χ1n) is 7.92. The van der Waals surface area contributed by atoms with E-state index in [0.717, 1.165) is 28.5 Å². The summed E-state index contributed by atoms with van der Waals surface area (Å²) in [5.74, 6) is 1.71. The molecule has 24 heavy (non-hydrogen) atoms. The Balaban J connectivity index is 2.02. The molecule has 0 bridgehead atoms. The van der Waals surface area contributed by atoms with Crippen LogP contribution in [0.3, 0.4) is 0 Å². The lowest BCUT2D eigenvalue weighted by atomic mass is 10.2. The molecule has 3 aromatic carbocycles. The van der Waals surface area contributed by atoms with Gasteiger partial charge in [-0.15, -0.1) is 0 Å². The van der Waals surface area contributed by atoms with Crippen molar-refractivity contribution in [3.63, 3.8) is 0 Å². The van der Waals surface area contributed by atoms with Crippen LogP contribution in [0.4, 0.5) is 11.4 Å². The maximum atomic E-state index is 5.44. The van der Waals surface area contributed by atoms with Crippen LogP contribution in [0.2, 0.25) is 0 Å². The van der Waals surface area contributed by atoms with Gasteiger partial charge in [0, 0.05) is 0 Å². The standard InChI is InChI=1S/C21H20N2O/c1-16-12-14-18(15-13-16)22-21(17-8-4-3-5-9-17)23-19-10-6-7-11-20(19)24-2/h3-15H,1-2H3,(H,22,23)/p+1. The van der Waals surface area contributed by atoms with Gasteiger partial charge in [0.2, 0.25) is 0 Å². The van der Waals surface area contributed by atoms with E-state index in [1.807, 2.05) is 42.5 Å². The average Bonchev–Trinajstić information content (AvgIpc) is 2.64. The number of ether oxygens (including phenoxy) is 1. The molecule has 0 spiro atoms. The third kappa shape index (κ3) is 3.82. The largest absolute Gasteiger partial charge is 0.492 e. The first kappa shape index (κ1) is 15.8. The van der Waals surface area contributed by atoms with Crippen LogP contribution >= 0.6 is 0 Å². The molecule has 3 nitrogen and oxygen atoms in total. The zero-order chi connectivity index (χ0) is 16.8. The highest BCUT2D eigenvalue weighted by molar-refractivity contribution is 6.04. The van der Waals surface area contributed by atoms with E-state index in [1.54, 1.807) is 7.11 Å². The Hall–Kier alpha value is -3.07. The van der Waals surface area contributed by atoms with Gasteiger partial charge in [-0.1, -0.05) is 48.0 Å². The first-order chi connectivity index (χ1) is 11.8. The van der Waals surface area contributed by atoms with Gasteiger partial charge in [0.15, 0.2) is 11.4 Å². The fourth-order valence-corrected chi connectivity index (χ4v) is 2.44. The van der Waals surface area contributed by atoms with E-state index in [1.165, 1.54) is 5.56 Å². The molecule has 3 aromatic rings. The predicted octanol–water partition coefficient (Wildman–Crippen LogP) is 3.27. The van der Waals surface area contributed by atoms with Crippen molar-refractivity contribution in [2.24, 2.45) is 0 Å². The summed E-state index contributed by atoms with van der Waals surface area (Å²) >= 11 is 0. The predicted molar refractivity (Wildman–Crippen MR) is 99.0 cm³/mol. The van der Waals surface area contributed by atoms with Crippen LogP contribution in [-0.4, -0.2) is 12.9 Å². The fourth-order valence-electron chi connectivity index (χ4n) is 2.44. The van der Waals surface area contributed by atoms with Gasteiger partial charge in [0.1, 0.15) is 5.69 Å². The molecule has 0 aliphatic carbocycles. The molecule has 0 saturated carbocycles. The van der Waals surface area contributed by atoms with Gasteiger partial charge in [-0.25, -0.2) is 10.3 Å². The van der Waals surface area contributed by atoms with Crippen molar-refractivity contribution in [3.05, 3.63) is 90.0 Å². The third-order valence-electron chi connectivity index (χ3n) is 3.75. The molecule has 3 rings (SSSR count). The maximum Gasteiger partial charge on any atom is 0.285 e. The molecule has 0 amide bonds. The van der Waals surface area contributed by atoms with Gasteiger partial charge in [-0.2, -0.15) is 0 Å². The van der Waals surface area contributed by atoms with Crippen LogP contribution in [0.5, 0.6) is 5.75 Å². The summed E-state index contributed by atoms with van der Waals surface area (Å²) in [6.07, 6.45) is 0. The zero-order valence-electron chi connectivity index (χ0n) is 13.9. The minimum Gasteiger partial charge on any atom is -0.492 e. The molecule has 0 fully saturated rings. The van der Waals surface area contributed by atoms with Gasteiger partial charge < -0.3 is 4.74 Å². The number of rotatable bonds is 4. The number of methoxy groups -OCH3 is 1. The highest BCUT2D eigenvalue weighted by atomic mass is 16.5. The minimum absolute atomic E-state index is 0.802. The molecule has 0 aliphatic rings. The van der Waals surface area contributed by atoms with Crippen molar-refractivity contribution >= 4 is 17.2 Å². The minimum atomic E-state index is 0.802. The molecule has 0 heterocycles. The summed E-state index contributed by atoms with van der Waals surface area (Å²) in [4.78, 5) is 3.46. The summed E-state index contributed by atoms with van der Waals surface area (Å²) in [5.41, 5.74) is 4.25. The molecule has 0 aliphatic heterocycles. The Morgan fingerprint density at radius 3 is 2.21 bits per heavy atom. The third-order valence-corrected chi connectivity index (χ3v) is 3.75. The van der Waals surface area contributed by atoms with E-state index < -0.39 is 0 Å². The lowest BCUT2D eigenvalue weighted by Crippen LogP contribution is -2.69. The molecular weight excluding hydrogens is 296 g/mol. The van der Waals surface area contributed by atoms with Gasteiger partial charge in [0.25, 0.3) is 5.84 Å². The number of para-hydroxylation sites is 2. The van der Waals surface area contributed by atoms with Crippen molar-refractivity contribution in [1.29, 1.82) is 0 Å². The van der Waals surface area contributed by atoms with Crippen LogP contribution in [0, 0.1) is 6.92 Å². The normalized spacial score (nSPS) is 11.2. The van der Waals surface area contributed by atoms with Crippen molar-refractivity contribution in [1.82, 2.24) is 0 Å². The smallest absolute Gasteiger partial charge is 0.285 e. The molecule has 2 N–H and O–H groups in total. The summed E-state index contributed by atoms with van der Waals surface area (Å²) < 4.78 is 5.44. The van der Waals surface area contributed by atoms with Crippen molar-refractivity contribution in [2.45, 2.75) is 6.92 Å². The Labute approximate surface area is 142 Å². The monoisotopic (exact) mass is 317 g/mol. The number of hydrogen-bond donors (Lipinski definition) is 2. The lowest BCUT2D eigenvalue weighted by molar-refractivity contribution is -0.354. The number of aryl methyl sites for hydroxylation is 1. The lowest BCUT2D eigenvalue weighted by Gasteiger charge is -2.06. The number of hydrogen-bond acceptors (Lipinski definition) is 1. The summed E-state index contributed by atoms with van der Waals surface area (Å²) in [7, 11) is 1.68. The van der Waals surface area contributed by atoms with Crippen LogP contribution in [0.15, 0.2) is 78.9 Å². The number of amidine groups is 1. The van der Waals surface area contributed by atoms with Crippen molar-refractivity contribution in [3.8, 4) is 5.75 Å². The molecule has 0 radical (unpaired) electrons. The highest BCUT2D eigenvalue weighted by Gasteiger charge is 2.13. The Morgan fingerprint density at radius 2 is 1.50 bits per heavy atom. The highest BCUT2D eigenvalue weighted by Crippen LogP contribution is 2.17. The second-order valence-corrected chi connectivity index (χ2v) is 5.56. The van der Waals surface area contributed by atoms with Gasteiger partial charge in [-0.05, 0) is 43.3 Å². The number of nitrogens with one attached hydrogen (secondary N) is 2. The first-order valence-corrected chi connectivity index (χ1v) is 7.92. The molecule has 0 atom stereocenters. The summed E-state index contributed by atoms with van der Waals surface area (Å²) in [5, 5.41) is 3.47. The molecule has 3 heteroatoms. The van der Waals surface area contributed by atoms with Gasteiger partial charge in [-0.3, -0.25) is 0 Å². The quantitative estimate of drug-likeness (QED) is 0.572. The van der Waals surface area contributed by atoms with Crippen molar-refractivity contribution < 1.29 is 9.73 Å². The van der Waals surface area contributed by atoms with Crippen LogP contribution in [0.25, 0.3) is 0 Å². The average molecular weight is 317 g/mol. The second kappa shape index (κ2) is 7.47. The molecular formula is C21H21N2O+. The zero-order valence-corrected chi connectivity index (χ0v) is 13.9.